The molecule has 0 fully saturated rings. The molecule has 0 aromatic heterocycles. The first-order valence-electron chi connectivity index (χ1n) is 9.46. The van der Waals surface area contributed by atoms with E-state index in [2.05, 4.69) is 57.3 Å². The lowest BCUT2D eigenvalue weighted by molar-refractivity contribution is -0.122. The summed E-state index contributed by atoms with van der Waals surface area (Å²) in [5, 5.41) is 2.92. The van der Waals surface area contributed by atoms with Crippen LogP contribution in [0.2, 0.25) is 0 Å². The highest BCUT2D eigenvalue weighted by atomic mass is 16.5. The molecule has 0 aliphatic carbocycles. The lowest BCUT2D eigenvalue weighted by atomic mass is 9.87. The number of unbranched alkanes of at least 4 members (excludes halogenated alkanes) is 1. The Hall–Kier alpha value is -2.29. The van der Waals surface area contributed by atoms with Crippen molar-refractivity contribution in [3.05, 3.63) is 59.7 Å². The highest BCUT2D eigenvalue weighted by Crippen LogP contribution is 2.24. The molecule has 2 aromatic carbocycles. The van der Waals surface area contributed by atoms with Crippen LogP contribution in [0.15, 0.2) is 48.5 Å². The molecule has 0 saturated heterocycles. The summed E-state index contributed by atoms with van der Waals surface area (Å²) in [6, 6.07) is 16.0. The maximum atomic E-state index is 12.4. The standard InChI is InChI=1S/C23H31NO2/c1-6-7-8-18-9-13-20(14-10-18)24-22(25)17(2)26-21-15-11-19(12-16-21)23(3,4)5/h9-17H,6-8H2,1-5H3,(H,24,25)/t17-/m1/s1. The number of ether oxygens (including phenoxy) is 1. The van der Waals surface area contributed by atoms with Crippen LogP contribution in [0.25, 0.3) is 0 Å². The zero-order chi connectivity index (χ0) is 19.2. The predicted octanol–water partition coefficient (Wildman–Crippen LogP) is 5.73. The van der Waals surface area contributed by atoms with E-state index in [1.165, 1.54) is 24.0 Å². The van der Waals surface area contributed by atoms with Gasteiger partial charge in [-0.3, -0.25) is 4.79 Å². The molecule has 26 heavy (non-hydrogen) atoms. The lowest BCUT2D eigenvalue weighted by Gasteiger charge is -2.20. The van der Waals surface area contributed by atoms with Crippen molar-refractivity contribution < 1.29 is 9.53 Å². The monoisotopic (exact) mass is 353 g/mol. The Morgan fingerprint density at radius 1 is 1.04 bits per heavy atom. The van der Waals surface area contributed by atoms with Gasteiger partial charge in [-0.15, -0.1) is 0 Å². The number of rotatable bonds is 7. The SMILES string of the molecule is CCCCc1ccc(NC(=O)[C@@H](C)Oc2ccc(C(C)(C)C)cc2)cc1. The van der Waals surface area contributed by atoms with E-state index in [1.807, 2.05) is 24.3 Å². The second-order valence-electron chi connectivity index (χ2n) is 7.82. The van der Waals surface area contributed by atoms with Crippen molar-refractivity contribution >= 4 is 11.6 Å². The minimum Gasteiger partial charge on any atom is -0.481 e. The Morgan fingerprint density at radius 2 is 1.65 bits per heavy atom. The largest absolute Gasteiger partial charge is 0.481 e. The van der Waals surface area contributed by atoms with Crippen LogP contribution in [0.4, 0.5) is 5.69 Å². The van der Waals surface area contributed by atoms with E-state index in [0.29, 0.717) is 5.75 Å². The van der Waals surface area contributed by atoms with Gasteiger partial charge < -0.3 is 10.1 Å². The first-order valence-corrected chi connectivity index (χ1v) is 9.46. The summed E-state index contributed by atoms with van der Waals surface area (Å²) in [6.07, 6.45) is 2.89. The third-order valence-corrected chi connectivity index (χ3v) is 4.44. The summed E-state index contributed by atoms with van der Waals surface area (Å²) in [6.45, 7) is 10.5. The minimum atomic E-state index is -0.560. The van der Waals surface area contributed by atoms with Crippen molar-refractivity contribution in [3.63, 3.8) is 0 Å². The Bertz CT molecular complexity index is 696. The molecule has 0 saturated carbocycles. The van der Waals surface area contributed by atoms with Crippen LogP contribution in [0.5, 0.6) is 5.75 Å². The van der Waals surface area contributed by atoms with Gasteiger partial charge in [-0.1, -0.05) is 58.4 Å². The Kier molecular flexibility index (Phi) is 6.84. The molecule has 3 nitrogen and oxygen atoms in total. The van der Waals surface area contributed by atoms with Crippen LogP contribution in [-0.4, -0.2) is 12.0 Å². The van der Waals surface area contributed by atoms with Gasteiger partial charge in [0.15, 0.2) is 6.10 Å². The van der Waals surface area contributed by atoms with Crippen molar-refractivity contribution in [2.75, 3.05) is 5.32 Å². The Labute approximate surface area is 157 Å². The minimum absolute atomic E-state index is 0.102. The number of nitrogens with one attached hydrogen (secondary N) is 1. The Balaban J connectivity index is 1.91. The summed E-state index contributed by atoms with van der Waals surface area (Å²) >= 11 is 0. The average molecular weight is 354 g/mol. The van der Waals surface area contributed by atoms with E-state index in [1.54, 1.807) is 6.92 Å². The van der Waals surface area contributed by atoms with Gasteiger partial charge in [0, 0.05) is 5.69 Å². The molecule has 0 spiro atoms. The quantitative estimate of drug-likeness (QED) is 0.690. The van der Waals surface area contributed by atoms with Gasteiger partial charge in [-0.2, -0.15) is 0 Å². The molecule has 1 N–H and O–H groups in total. The molecule has 3 heteroatoms. The van der Waals surface area contributed by atoms with Gasteiger partial charge in [0.1, 0.15) is 5.75 Å². The molecule has 0 unspecified atom stereocenters. The van der Waals surface area contributed by atoms with E-state index in [0.717, 1.165) is 12.1 Å². The van der Waals surface area contributed by atoms with Crippen LogP contribution in [0.3, 0.4) is 0 Å². The van der Waals surface area contributed by atoms with Gasteiger partial charge >= 0.3 is 0 Å². The zero-order valence-electron chi connectivity index (χ0n) is 16.6. The summed E-state index contributed by atoms with van der Waals surface area (Å²) in [7, 11) is 0. The third kappa shape index (κ3) is 5.91. The summed E-state index contributed by atoms with van der Waals surface area (Å²) in [4.78, 5) is 12.4. The van der Waals surface area contributed by atoms with E-state index < -0.39 is 6.10 Å². The fourth-order valence-corrected chi connectivity index (χ4v) is 2.67. The van der Waals surface area contributed by atoms with E-state index in [4.69, 9.17) is 4.74 Å². The number of anilines is 1. The highest BCUT2D eigenvalue weighted by Gasteiger charge is 2.16. The molecule has 0 bridgehead atoms. The molecule has 0 heterocycles. The van der Waals surface area contributed by atoms with Gasteiger partial charge in [0.25, 0.3) is 5.91 Å². The van der Waals surface area contributed by atoms with Crippen molar-refractivity contribution in [3.8, 4) is 5.75 Å². The van der Waals surface area contributed by atoms with Crippen molar-refractivity contribution in [1.82, 2.24) is 0 Å². The molecule has 1 atom stereocenters. The van der Waals surface area contributed by atoms with E-state index >= 15 is 0 Å². The number of hydrogen-bond donors (Lipinski definition) is 1. The smallest absolute Gasteiger partial charge is 0.265 e. The van der Waals surface area contributed by atoms with Crippen LogP contribution in [0, 0.1) is 0 Å². The van der Waals surface area contributed by atoms with Crippen LogP contribution in [-0.2, 0) is 16.6 Å². The van der Waals surface area contributed by atoms with E-state index in [9.17, 15) is 4.79 Å². The topological polar surface area (TPSA) is 38.3 Å². The van der Waals surface area contributed by atoms with Gasteiger partial charge in [-0.25, -0.2) is 0 Å². The number of amides is 1. The van der Waals surface area contributed by atoms with Crippen LogP contribution < -0.4 is 10.1 Å². The van der Waals surface area contributed by atoms with Crippen LogP contribution >= 0.6 is 0 Å². The van der Waals surface area contributed by atoms with Gasteiger partial charge in [-0.05, 0) is 60.6 Å². The van der Waals surface area contributed by atoms with Crippen molar-refractivity contribution in [1.29, 1.82) is 0 Å². The number of carbonyl (C=O) groups is 1. The van der Waals surface area contributed by atoms with E-state index in [-0.39, 0.29) is 11.3 Å². The second kappa shape index (κ2) is 8.88. The molecular weight excluding hydrogens is 322 g/mol. The maximum absolute atomic E-state index is 12.4. The molecule has 0 aliphatic rings. The molecule has 1 amide bonds. The van der Waals surface area contributed by atoms with Gasteiger partial charge in [0.05, 0.1) is 0 Å². The predicted molar refractivity (Wildman–Crippen MR) is 109 cm³/mol. The number of benzene rings is 2. The second-order valence-corrected chi connectivity index (χ2v) is 7.82. The third-order valence-electron chi connectivity index (χ3n) is 4.44. The number of carbonyl (C=O) groups excluding carboxylic acids is 1. The summed E-state index contributed by atoms with van der Waals surface area (Å²) in [5.41, 5.74) is 3.44. The van der Waals surface area contributed by atoms with Crippen LogP contribution in [0.1, 0.15) is 58.6 Å². The molecular formula is C23H31NO2. The molecule has 0 aliphatic heterocycles. The maximum Gasteiger partial charge on any atom is 0.265 e. The molecule has 0 radical (unpaired) electrons. The first-order chi connectivity index (χ1) is 12.3. The molecule has 2 aromatic rings. The molecule has 2 rings (SSSR count). The average Bonchev–Trinajstić information content (AvgIpc) is 2.60. The highest BCUT2D eigenvalue weighted by molar-refractivity contribution is 5.94. The Morgan fingerprint density at radius 3 is 2.19 bits per heavy atom. The molecule has 140 valence electrons. The van der Waals surface area contributed by atoms with Gasteiger partial charge in [0.2, 0.25) is 0 Å². The number of hydrogen-bond acceptors (Lipinski definition) is 2. The lowest BCUT2D eigenvalue weighted by Crippen LogP contribution is -2.30. The summed E-state index contributed by atoms with van der Waals surface area (Å²) < 4.78 is 5.78. The normalized spacial score (nSPS) is 12.5. The first kappa shape index (κ1) is 20.0. The fourth-order valence-electron chi connectivity index (χ4n) is 2.67. The zero-order valence-corrected chi connectivity index (χ0v) is 16.6. The van der Waals surface area contributed by atoms with Crippen molar-refractivity contribution in [2.45, 2.75) is 65.4 Å². The number of aryl methyl sites for hydroxylation is 1. The summed E-state index contributed by atoms with van der Waals surface area (Å²) in [5.74, 6) is 0.557. The fraction of sp³-hybridized carbons (Fsp3) is 0.435. The van der Waals surface area contributed by atoms with Crippen molar-refractivity contribution in [2.24, 2.45) is 0 Å².